The van der Waals surface area contributed by atoms with Gasteiger partial charge in [0.15, 0.2) is 0 Å². The number of nitrogens with zero attached hydrogens (tertiary/aromatic N) is 5. The first kappa shape index (κ1) is 13.3. The number of fused-ring (bicyclic) bond motifs is 1. The fourth-order valence-electron chi connectivity index (χ4n) is 2.68. The second-order valence-corrected chi connectivity index (χ2v) is 6.73. The smallest absolute Gasteiger partial charge is 0.258 e. The van der Waals surface area contributed by atoms with Crippen LogP contribution >= 0.6 is 11.3 Å². The van der Waals surface area contributed by atoms with Crippen LogP contribution in [0.25, 0.3) is 10.9 Å². The lowest BCUT2D eigenvalue weighted by Crippen LogP contribution is -2.01. The molecule has 1 aliphatic rings. The Morgan fingerprint density at radius 2 is 2.23 bits per heavy atom. The van der Waals surface area contributed by atoms with Gasteiger partial charge in [0.2, 0.25) is 0 Å². The number of hydrogen-bond donors (Lipinski definition) is 0. The number of aryl methyl sites for hydroxylation is 1. The standard InChI is InChI=1S/C14H13N5O2S/c1-8-15-16-12(22-8)7-18-10-3-2-4-11(19(20)21)13(10)14(17-18)9-5-6-9/h2-4,9H,5-7H2,1H3. The van der Waals surface area contributed by atoms with Crippen molar-refractivity contribution in [3.63, 3.8) is 0 Å². The van der Waals surface area contributed by atoms with Crippen molar-refractivity contribution in [2.24, 2.45) is 0 Å². The maximum absolute atomic E-state index is 11.3. The first-order valence-electron chi connectivity index (χ1n) is 7.06. The highest BCUT2D eigenvalue weighted by Crippen LogP contribution is 2.44. The second-order valence-electron chi connectivity index (χ2n) is 5.46. The minimum atomic E-state index is -0.324. The lowest BCUT2D eigenvalue weighted by Gasteiger charge is -1.99. The van der Waals surface area contributed by atoms with E-state index >= 15 is 0 Å². The number of aromatic nitrogens is 4. The molecule has 1 saturated carbocycles. The zero-order valence-electron chi connectivity index (χ0n) is 11.9. The summed E-state index contributed by atoms with van der Waals surface area (Å²) in [6.45, 7) is 2.40. The Kier molecular flexibility index (Phi) is 2.93. The molecule has 1 aromatic carbocycles. The fourth-order valence-corrected chi connectivity index (χ4v) is 3.38. The number of nitro benzene ring substituents is 1. The van der Waals surface area contributed by atoms with E-state index in [0.29, 0.717) is 17.8 Å². The molecule has 4 rings (SSSR count). The highest BCUT2D eigenvalue weighted by molar-refractivity contribution is 7.11. The van der Waals surface area contributed by atoms with Gasteiger partial charge in [0.25, 0.3) is 5.69 Å². The number of nitro groups is 1. The predicted molar refractivity (Wildman–Crippen MR) is 82.1 cm³/mol. The van der Waals surface area contributed by atoms with Gasteiger partial charge in [-0.05, 0) is 25.8 Å². The predicted octanol–water partition coefficient (Wildman–Crippen LogP) is 3.03. The van der Waals surface area contributed by atoms with E-state index in [1.807, 2.05) is 17.7 Å². The molecule has 0 aliphatic heterocycles. The lowest BCUT2D eigenvalue weighted by molar-refractivity contribution is -0.383. The van der Waals surface area contributed by atoms with Gasteiger partial charge in [-0.1, -0.05) is 17.4 Å². The van der Waals surface area contributed by atoms with E-state index < -0.39 is 0 Å². The lowest BCUT2D eigenvalue weighted by atomic mass is 10.1. The Morgan fingerprint density at radius 3 is 2.86 bits per heavy atom. The Hall–Kier alpha value is -2.35. The van der Waals surface area contributed by atoms with Crippen LogP contribution in [0.1, 0.15) is 34.5 Å². The molecule has 0 atom stereocenters. The molecule has 0 spiro atoms. The van der Waals surface area contributed by atoms with E-state index in [1.54, 1.807) is 12.1 Å². The van der Waals surface area contributed by atoms with Gasteiger partial charge in [0.05, 0.1) is 22.7 Å². The van der Waals surface area contributed by atoms with Crippen molar-refractivity contribution in [1.82, 2.24) is 20.0 Å². The average molecular weight is 315 g/mol. The zero-order chi connectivity index (χ0) is 15.3. The molecule has 0 radical (unpaired) electrons. The summed E-state index contributed by atoms with van der Waals surface area (Å²) in [6.07, 6.45) is 2.10. The first-order valence-corrected chi connectivity index (χ1v) is 7.88. The van der Waals surface area contributed by atoms with Crippen molar-refractivity contribution in [3.05, 3.63) is 44.0 Å². The van der Waals surface area contributed by atoms with Crippen molar-refractivity contribution < 1.29 is 4.92 Å². The molecule has 2 heterocycles. The molecule has 8 heteroatoms. The van der Waals surface area contributed by atoms with Crippen LogP contribution in [0.15, 0.2) is 18.2 Å². The Labute approximate surface area is 129 Å². The Morgan fingerprint density at radius 1 is 1.41 bits per heavy atom. The van der Waals surface area contributed by atoms with Gasteiger partial charge >= 0.3 is 0 Å². The second kappa shape index (κ2) is 4.84. The summed E-state index contributed by atoms with van der Waals surface area (Å²) < 4.78 is 1.82. The molecule has 7 nitrogen and oxygen atoms in total. The summed E-state index contributed by atoms with van der Waals surface area (Å²) in [5.74, 6) is 0.348. The van der Waals surface area contributed by atoms with Crippen molar-refractivity contribution in [2.45, 2.75) is 32.2 Å². The van der Waals surface area contributed by atoms with Gasteiger partial charge < -0.3 is 0 Å². The highest BCUT2D eigenvalue weighted by atomic mass is 32.1. The average Bonchev–Trinajstić information content (AvgIpc) is 3.17. The molecule has 0 unspecified atom stereocenters. The zero-order valence-corrected chi connectivity index (χ0v) is 12.7. The van der Waals surface area contributed by atoms with Crippen LogP contribution in [0.3, 0.4) is 0 Å². The van der Waals surface area contributed by atoms with E-state index in [2.05, 4.69) is 15.3 Å². The topological polar surface area (TPSA) is 86.7 Å². The van der Waals surface area contributed by atoms with Gasteiger partial charge in [-0.15, -0.1) is 10.2 Å². The fraction of sp³-hybridized carbons (Fsp3) is 0.357. The van der Waals surface area contributed by atoms with Crippen molar-refractivity contribution >= 4 is 27.9 Å². The first-order chi connectivity index (χ1) is 10.6. The normalized spacial score (nSPS) is 14.6. The number of benzene rings is 1. The largest absolute Gasteiger partial charge is 0.280 e. The maximum atomic E-state index is 11.3. The summed E-state index contributed by atoms with van der Waals surface area (Å²) >= 11 is 1.52. The van der Waals surface area contributed by atoms with Gasteiger partial charge in [-0.25, -0.2) is 0 Å². The van der Waals surface area contributed by atoms with Crippen molar-refractivity contribution in [3.8, 4) is 0 Å². The molecular weight excluding hydrogens is 302 g/mol. The van der Waals surface area contributed by atoms with E-state index in [1.165, 1.54) is 11.3 Å². The summed E-state index contributed by atoms with van der Waals surface area (Å²) in [6, 6.07) is 5.14. The molecule has 22 heavy (non-hydrogen) atoms. The third-order valence-corrected chi connectivity index (χ3v) is 4.62. The van der Waals surface area contributed by atoms with Crippen LogP contribution in [0.5, 0.6) is 0 Å². The highest BCUT2D eigenvalue weighted by Gasteiger charge is 2.32. The van der Waals surface area contributed by atoms with E-state index in [-0.39, 0.29) is 10.6 Å². The van der Waals surface area contributed by atoms with E-state index in [0.717, 1.165) is 34.1 Å². The van der Waals surface area contributed by atoms with Crippen LogP contribution in [0.2, 0.25) is 0 Å². The number of non-ortho nitro benzene ring substituents is 1. The maximum Gasteiger partial charge on any atom is 0.280 e. The summed E-state index contributed by atoms with van der Waals surface area (Å²) in [4.78, 5) is 11.0. The van der Waals surface area contributed by atoms with Gasteiger partial charge in [0, 0.05) is 12.0 Å². The van der Waals surface area contributed by atoms with E-state index in [4.69, 9.17) is 0 Å². The molecule has 112 valence electrons. The minimum Gasteiger partial charge on any atom is -0.258 e. The molecule has 0 N–H and O–H groups in total. The summed E-state index contributed by atoms with van der Waals surface area (Å²) in [7, 11) is 0. The van der Waals surface area contributed by atoms with Crippen LogP contribution in [0.4, 0.5) is 5.69 Å². The summed E-state index contributed by atoms with van der Waals surface area (Å²) in [5.41, 5.74) is 1.78. The molecule has 1 fully saturated rings. The van der Waals surface area contributed by atoms with Gasteiger partial charge in [0.1, 0.15) is 15.4 Å². The van der Waals surface area contributed by atoms with E-state index in [9.17, 15) is 10.1 Å². The van der Waals surface area contributed by atoms with Crippen LogP contribution in [0, 0.1) is 17.0 Å². The molecule has 2 aromatic heterocycles. The van der Waals surface area contributed by atoms with Crippen molar-refractivity contribution in [1.29, 1.82) is 0 Å². The minimum absolute atomic E-state index is 0.138. The third kappa shape index (κ3) is 2.16. The number of hydrogen-bond acceptors (Lipinski definition) is 6. The molecule has 0 amide bonds. The molecule has 3 aromatic rings. The number of rotatable bonds is 4. The van der Waals surface area contributed by atoms with Gasteiger partial charge in [-0.3, -0.25) is 14.8 Å². The monoisotopic (exact) mass is 315 g/mol. The van der Waals surface area contributed by atoms with Gasteiger partial charge in [-0.2, -0.15) is 5.10 Å². The summed E-state index contributed by atoms with van der Waals surface area (Å²) in [5, 5.41) is 26.5. The Balaban J connectivity index is 1.88. The van der Waals surface area contributed by atoms with Crippen LogP contribution < -0.4 is 0 Å². The van der Waals surface area contributed by atoms with Crippen molar-refractivity contribution in [2.75, 3.05) is 0 Å². The molecular formula is C14H13N5O2S. The van der Waals surface area contributed by atoms with Crippen LogP contribution in [-0.2, 0) is 6.54 Å². The molecule has 0 saturated heterocycles. The van der Waals surface area contributed by atoms with Crippen LogP contribution in [-0.4, -0.2) is 24.9 Å². The molecule has 1 aliphatic carbocycles. The molecule has 0 bridgehead atoms. The third-order valence-electron chi connectivity index (χ3n) is 3.80. The SMILES string of the molecule is Cc1nnc(Cn2nc(C3CC3)c3c([N+](=O)[O-])cccc32)s1. The Bertz CT molecular complexity index is 881. The quantitative estimate of drug-likeness (QED) is 0.545.